The van der Waals surface area contributed by atoms with E-state index in [9.17, 15) is 4.79 Å². The number of hydrogen-bond donors (Lipinski definition) is 2. The van der Waals surface area contributed by atoms with Gasteiger partial charge in [-0.05, 0) is 62.1 Å². The Bertz CT molecular complexity index is 597. The molecule has 0 radical (unpaired) electrons. The molecular formula is C21H29ClN2O. The Labute approximate surface area is 155 Å². The molecule has 3 aliphatic rings. The maximum atomic E-state index is 12.6. The molecule has 1 aromatic rings. The molecular weight excluding hydrogens is 332 g/mol. The summed E-state index contributed by atoms with van der Waals surface area (Å²) >= 11 is 6.05. The highest BCUT2D eigenvalue weighted by Crippen LogP contribution is 2.41. The minimum Gasteiger partial charge on any atom is -0.355 e. The van der Waals surface area contributed by atoms with Crippen LogP contribution in [0.3, 0.4) is 0 Å². The van der Waals surface area contributed by atoms with Gasteiger partial charge in [0.15, 0.2) is 0 Å². The van der Waals surface area contributed by atoms with Crippen LogP contribution in [-0.2, 0) is 10.2 Å². The number of fused-ring (bicyclic) bond motifs is 2. The number of rotatable bonds is 5. The number of nitrogens with one attached hydrogen (secondary N) is 2. The summed E-state index contributed by atoms with van der Waals surface area (Å²) in [7, 11) is 0. The molecule has 2 heterocycles. The fourth-order valence-electron chi connectivity index (χ4n) is 5.37. The fraction of sp³-hybridized carbons (Fsp3) is 0.667. The van der Waals surface area contributed by atoms with Crippen molar-refractivity contribution >= 4 is 17.5 Å². The highest BCUT2D eigenvalue weighted by Gasteiger charge is 2.37. The number of carbonyl (C=O) groups is 1. The molecule has 2 aliphatic heterocycles. The van der Waals surface area contributed by atoms with Crippen molar-refractivity contribution in [1.29, 1.82) is 0 Å². The lowest BCUT2D eigenvalue weighted by molar-refractivity contribution is -0.122. The summed E-state index contributed by atoms with van der Waals surface area (Å²) in [5.41, 5.74) is 1.43. The molecule has 4 heteroatoms. The zero-order valence-corrected chi connectivity index (χ0v) is 15.7. The van der Waals surface area contributed by atoms with Gasteiger partial charge in [-0.3, -0.25) is 4.79 Å². The van der Waals surface area contributed by atoms with E-state index in [1.807, 2.05) is 12.1 Å². The van der Waals surface area contributed by atoms with Gasteiger partial charge in [0.25, 0.3) is 0 Å². The lowest BCUT2D eigenvalue weighted by Crippen LogP contribution is -2.42. The predicted octanol–water partition coefficient (Wildman–Crippen LogP) is 4.19. The molecule has 2 bridgehead atoms. The summed E-state index contributed by atoms with van der Waals surface area (Å²) in [6, 6.07) is 9.56. The summed E-state index contributed by atoms with van der Waals surface area (Å²) in [5, 5.41) is 7.72. The Morgan fingerprint density at radius 2 is 1.76 bits per heavy atom. The second-order valence-electron chi connectivity index (χ2n) is 8.45. The number of benzene rings is 1. The quantitative estimate of drug-likeness (QED) is 0.826. The van der Waals surface area contributed by atoms with E-state index >= 15 is 0 Å². The zero-order valence-electron chi connectivity index (χ0n) is 14.9. The summed E-state index contributed by atoms with van der Waals surface area (Å²) < 4.78 is 0. The minimum absolute atomic E-state index is 0.105. The average molecular weight is 361 g/mol. The summed E-state index contributed by atoms with van der Waals surface area (Å²) in [6.07, 6.45) is 10.4. The third-order valence-corrected chi connectivity index (χ3v) is 6.94. The first-order chi connectivity index (χ1) is 12.1. The van der Waals surface area contributed by atoms with Crippen LogP contribution in [0, 0.1) is 5.92 Å². The molecule has 0 spiro atoms. The Morgan fingerprint density at radius 3 is 2.40 bits per heavy atom. The highest BCUT2D eigenvalue weighted by molar-refractivity contribution is 6.30. The van der Waals surface area contributed by atoms with Crippen molar-refractivity contribution in [3.05, 3.63) is 34.9 Å². The van der Waals surface area contributed by atoms with E-state index in [4.69, 9.17) is 11.6 Å². The first-order valence-corrected chi connectivity index (χ1v) is 10.3. The molecule has 1 aliphatic carbocycles. The normalized spacial score (nSPS) is 30.4. The van der Waals surface area contributed by atoms with Crippen molar-refractivity contribution in [3.63, 3.8) is 0 Å². The smallest absolute Gasteiger partial charge is 0.220 e. The lowest BCUT2D eigenvalue weighted by atomic mass is 9.78. The van der Waals surface area contributed by atoms with Gasteiger partial charge < -0.3 is 10.6 Å². The van der Waals surface area contributed by atoms with Crippen LogP contribution in [-0.4, -0.2) is 24.5 Å². The van der Waals surface area contributed by atoms with Crippen LogP contribution in [0.15, 0.2) is 24.3 Å². The average Bonchev–Trinajstić information content (AvgIpc) is 3.21. The first-order valence-electron chi connectivity index (χ1n) is 9.92. The summed E-state index contributed by atoms with van der Waals surface area (Å²) in [5.74, 6) is 0.806. The summed E-state index contributed by atoms with van der Waals surface area (Å²) in [6.45, 7) is 0.769. The zero-order chi connectivity index (χ0) is 17.3. The van der Waals surface area contributed by atoms with Gasteiger partial charge in [-0.2, -0.15) is 0 Å². The maximum absolute atomic E-state index is 12.6. The molecule has 3 fully saturated rings. The second kappa shape index (κ2) is 7.28. The molecule has 1 aromatic carbocycles. The Morgan fingerprint density at radius 1 is 1.12 bits per heavy atom. The van der Waals surface area contributed by atoms with Gasteiger partial charge in [0.2, 0.25) is 5.91 Å². The topological polar surface area (TPSA) is 41.1 Å². The van der Waals surface area contributed by atoms with Gasteiger partial charge in [-0.15, -0.1) is 0 Å². The maximum Gasteiger partial charge on any atom is 0.220 e. The largest absolute Gasteiger partial charge is 0.355 e. The second-order valence-corrected chi connectivity index (χ2v) is 8.89. The van der Waals surface area contributed by atoms with Crippen LogP contribution in [0.5, 0.6) is 0 Å². The van der Waals surface area contributed by atoms with Crippen LogP contribution in [0.25, 0.3) is 0 Å². The van der Waals surface area contributed by atoms with E-state index in [-0.39, 0.29) is 11.3 Å². The third-order valence-electron chi connectivity index (χ3n) is 6.69. The van der Waals surface area contributed by atoms with Crippen LogP contribution < -0.4 is 10.6 Å². The van der Waals surface area contributed by atoms with Crippen molar-refractivity contribution in [1.82, 2.24) is 10.6 Å². The molecule has 2 atom stereocenters. The Kier molecular flexibility index (Phi) is 5.06. The molecule has 0 aromatic heterocycles. The predicted molar refractivity (Wildman–Crippen MR) is 102 cm³/mol. The standard InChI is InChI=1S/C21H29ClN2O/c22-17-5-3-16(4-6-17)21(9-1-2-10-21)14-23-20(25)13-15-11-18-7-8-19(12-15)24-18/h3-6,15,18-19,24H,1-2,7-14H2,(H,23,25). The highest BCUT2D eigenvalue weighted by atomic mass is 35.5. The van der Waals surface area contributed by atoms with Gasteiger partial charge in [0.1, 0.15) is 0 Å². The molecule has 1 amide bonds. The van der Waals surface area contributed by atoms with Gasteiger partial charge >= 0.3 is 0 Å². The number of carbonyl (C=O) groups excluding carboxylic acids is 1. The summed E-state index contributed by atoms with van der Waals surface area (Å²) in [4.78, 5) is 12.6. The molecule has 2 N–H and O–H groups in total. The molecule has 136 valence electrons. The molecule has 25 heavy (non-hydrogen) atoms. The van der Waals surface area contributed by atoms with Crippen molar-refractivity contribution in [3.8, 4) is 0 Å². The third kappa shape index (κ3) is 3.88. The van der Waals surface area contributed by atoms with Gasteiger partial charge in [0, 0.05) is 35.5 Å². The van der Waals surface area contributed by atoms with E-state index in [0.29, 0.717) is 24.4 Å². The van der Waals surface area contributed by atoms with Crippen LogP contribution in [0.4, 0.5) is 0 Å². The van der Waals surface area contributed by atoms with E-state index in [0.717, 1.165) is 24.4 Å². The first kappa shape index (κ1) is 17.4. The van der Waals surface area contributed by atoms with Crippen LogP contribution in [0.2, 0.25) is 5.02 Å². The van der Waals surface area contributed by atoms with Crippen LogP contribution >= 0.6 is 11.6 Å². The number of piperidine rings is 1. The van der Waals surface area contributed by atoms with Crippen molar-refractivity contribution in [2.75, 3.05) is 6.54 Å². The van der Waals surface area contributed by atoms with E-state index in [1.54, 1.807) is 0 Å². The number of amides is 1. The van der Waals surface area contributed by atoms with Crippen molar-refractivity contribution < 1.29 is 4.79 Å². The lowest BCUT2D eigenvalue weighted by Gasteiger charge is -2.31. The van der Waals surface area contributed by atoms with Crippen LogP contribution in [0.1, 0.15) is 63.4 Å². The molecule has 3 nitrogen and oxygen atoms in total. The number of halogens is 1. The Balaban J connectivity index is 1.35. The van der Waals surface area contributed by atoms with E-state index in [1.165, 1.54) is 44.1 Å². The SMILES string of the molecule is O=C(CC1CC2CCC(C1)N2)NCC1(c2ccc(Cl)cc2)CCCC1. The van der Waals surface area contributed by atoms with Crippen molar-refractivity contribution in [2.24, 2.45) is 5.92 Å². The number of hydrogen-bond acceptors (Lipinski definition) is 2. The molecule has 2 saturated heterocycles. The Hall–Kier alpha value is -1.06. The van der Waals surface area contributed by atoms with E-state index in [2.05, 4.69) is 22.8 Å². The molecule has 1 saturated carbocycles. The van der Waals surface area contributed by atoms with Gasteiger partial charge in [-0.25, -0.2) is 0 Å². The van der Waals surface area contributed by atoms with Gasteiger partial charge in [0.05, 0.1) is 0 Å². The van der Waals surface area contributed by atoms with Crippen molar-refractivity contribution in [2.45, 2.75) is 75.3 Å². The monoisotopic (exact) mass is 360 g/mol. The van der Waals surface area contributed by atoms with E-state index < -0.39 is 0 Å². The molecule has 4 rings (SSSR count). The molecule has 2 unspecified atom stereocenters. The fourth-order valence-corrected chi connectivity index (χ4v) is 5.49. The van der Waals surface area contributed by atoms with Gasteiger partial charge in [-0.1, -0.05) is 36.6 Å². The minimum atomic E-state index is 0.105.